The van der Waals surface area contributed by atoms with E-state index in [0.29, 0.717) is 42.3 Å². The molecule has 5 amide bonds. The molecule has 8 N–H and O–H groups in total. The fourth-order valence-corrected chi connectivity index (χ4v) is 8.05. The molecule has 1 unspecified atom stereocenters. The molecule has 0 aliphatic carbocycles. The number of nitrogens with one attached hydrogen (secondary N) is 4. The quantitative estimate of drug-likeness (QED) is 0.0985. The van der Waals surface area contributed by atoms with Gasteiger partial charge in [-0.25, -0.2) is 0 Å². The first-order chi connectivity index (χ1) is 26.3. The van der Waals surface area contributed by atoms with E-state index in [2.05, 4.69) is 33.1 Å². The molecule has 2 saturated heterocycles. The molecule has 0 spiro atoms. The molecule has 1 aromatic heterocycles. The van der Waals surface area contributed by atoms with E-state index < -0.39 is 67.5 Å². The number of likely N-dealkylation sites (N-methyl/N-ethyl adjacent to an activating group) is 1. The number of benzene rings is 2. The number of nitrogens with two attached hydrogens (primary N) is 1. The van der Waals surface area contributed by atoms with Gasteiger partial charge in [-0.3, -0.25) is 28.5 Å². The first-order valence-corrected chi connectivity index (χ1v) is 19.8. The topological polar surface area (TPSA) is 227 Å². The Labute approximate surface area is 318 Å². The summed E-state index contributed by atoms with van der Waals surface area (Å²) in [5, 5.41) is 9.23. The lowest BCUT2D eigenvalue weighted by Gasteiger charge is -2.38. The summed E-state index contributed by atoms with van der Waals surface area (Å²) in [5.74, 6) is -2.74. The highest BCUT2D eigenvalue weighted by atomic mass is 31.2. The maximum absolute atomic E-state index is 14.3. The standard InChI is InChI=1S/C39H44N7O8P/c1-45-19-18-28-13-16-33(46(28)39(51)32(22-45)43-37(49)31-21-27-20-24(23-55(52,53)54)12-14-29(27)41-31)38(50)42-30(15-17-34(40)47)36(48)44-35(25-8-4-2-5-9-25)26-10-6-3-7-11-26/h2,4-6,8-12,14,20-21,28,30,32-33,35,41H,13,15-19,22-23H2,1H3,(H2,40,47)(H,42,50)(H,43,49)(H,44,48)(H2,52,53,54)/t28-,30+,32+,33+,35?/m1/s1. The van der Waals surface area contributed by atoms with Crippen LogP contribution < -0.4 is 21.7 Å². The third-order valence-corrected chi connectivity index (χ3v) is 10.8. The zero-order valence-corrected chi connectivity index (χ0v) is 31.1. The van der Waals surface area contributed by atoms with E-state index >= 15 is 0 Å². The monoisotopic (exact) mass is 769 g/mol. The van der Waals surface area contributed by atoms with Crippen LogP contribution in [0.5, 0.6) is 0 Å². The van der Waals surface area contributed by atoms with Crippen molar-refractivity contribution in [3.63, 3.8) is 0 Å². The van der Waals surface area contributed by atoms with E-state index in [9.17, 15) is 38.3 Å². The number of hydrogen-bond donors (Lipinski definition) is 7. The summed E-state index contributed by atoms with van der Waals surface area (Å²) in [5.41, 5.74) is 8.11. The predicted octanol–water partition coefficient (Wildman–Crippen LogP) is 1.90. The number of aromatic nitrogens is 1. The number of primary amides is 1. The second-order valence-corrected chi connectivity index (χ2v) is 15.8. The number of carbonyl (C=O) groups is 5. The van der Waals surface area contributed by atoms with Crippen molar-refractivity contribution < 1.29 is 38.3 Å². The largest absolute Gasteiger partial charge is 0.370 e. The maximum Gasteiger partial charge on any atom is 0.329 e. The van der Waals surface area contributed by atoms with Crippen LogP contribution in [0.3, 0.4) is 0 Å². The van der Waals surface area contributed by atoms with Crippen molar-refractivity contribution in [1.29, 1.82) is 0 Å². The lowest BCUT2D eigenvalue weighted by Crippen LogP contribution is -2.61. The highest BCUT2D eigenvalue weighted by Crippen LogP contribution is 2.39. The summed E-state index contributed by atoms with van der Waals surface area (Å²) >= 11 is 0. The van der Waals surface area contributed by atoms with Gasteiger partial charge in [0, 0.05) is 29.9 Å². The predicted molar refractivity (Wildman–Crippen MR) is 202 cm³/mol. The molecule has 2 fully saturated rings. The molecule has 55 heavy (non-hydrogen) atoms. The van der Waals surface area contributed by atoms with Gasteiger partial charge in [0.25, 0.3) is 5.91 Å². The summed E-state index contributed by atoms with van der Waals surface area (Å²) < 4.78 is 11.5. The molecule has 0 bridgehead atoms. The van der Waals surface area contributed by atoms with Crippen LogP contribution in [0.1, 0.15) is 65.3 Å². The van der Waals surface area contributed by atoms with E-state index in [1.807, 2.05) is 42.3 Å². The molecule has 16 heteroatoms. The van der Waals surface area contributed by atoms with Gasteiger partial charge in [-0.15, -0.1) is 0 Å². The van der Waals surface area contributed by atoms with Crippen molar-refractivity contribution in [2.75, 3.05) is 20.1 Å². The average Bonchev–Trinajstić information content (AvgIpc) is 3.78. The Morgan fingerprint density at radius 1 is 1.00 bits per heavy atom. The van der Waals surface area contributed by atoms with Crippen molar-refractivity contribution in [3.8, 4) is 0 Å². The third kappa shape index (κ3) is 9.78. The molecule has 15 nitrogen and oxygen atoms in total. The van der Waals surface area contributed by atoms with E-state index in [-0.39, 0.29) is 31.1 Å². The second-order valence-electron chi connectivity index (χ2n) is 14.2. The van der Waals surface area contributed by atoms with E-state index in [0.717, 1.165) is 11.1 Å². The zero-order valence-electron chi connectivity index (χ0n) is 30.2. The number of hydrogen-bond acceptors (Lipinski definition) is 7. The van der Waals surface area contributed by atoms with Gasteiger partial charge in [-0.2, -0.15) is 0 Å². The van der Waals surface area contributed by atoms with Gasteiger partial charge < -0.3 is 46.3 Å². The summed E-state index contributed by atoms with van der Waals surface area (Å²) in [6.45, 7) is 0.775. The van der Waals surface area contributed by atoms with Crippen LogP contribution in [0.15, 0.2) is 72.8 Å². The van der Waals surface area contributed by atoms with E-state index in [4.69, 9.17) is 5.73 Å². The Hall–Kier alpha value is -5.52. The Morgan fingerprint density at radius 3 is 2.49 bits per heavy atom. The van der Waals surface area contributed by atoms with Gasteiger partial charge in [0.2, 0.25) is 23.6 Å². The Balaban J connectivity index is 1.19. The molecule has 0 saturated carbocycles. The lowest BCUT2D eigenvalue weighted by atomic mass is 9.98. The van der Waals surface area contributed by atoms with Crippen molar-refractivity contribution in [2.45, 2.75) is 68.5 Å². The number of carbonyl (C=O) groups excluding carboxylic acids is 5. The molecule has 3 aromatic carbocycles. The van der Waals surface area contributed by atoms with Crippen LogP contribution >= 0.6 is 7.60 Å². The molecule has 2 aliphatic rings. The first-order valence-electron chi connectivity index (χ1n) is 18.0. The van der Waals surface area contributed by atoms with Crippen LogP contribution in [0.2, 0.25) is 0 Å². The van der Waals surface area contributed by atoms with Gasteiger partial charge in [0.15, 0.2) is 0 Å². The number of nitrogens with zero attached hydrogens (tertiary/aromatic N) is 2. The third-order valence-electron chi connectivity index (χ3n) is 10.1. The van der Waals surface area contributed by atoms with Crippen LogP contribution in [0, 0.1) is 12.1 Å². The average molecular weight is 770 g/mol. The van der Waals surface area contributed by atoms with Crippen molar-refractivity contribution in [2.24, 2.45) is 5.73 Å². The molecule has 3 heterocycles. The van der Waals surface area contributed by atoms with Gasteiger partial charge in [0.1, 0.15) is 23.8 Å². The summed E-state index contributed by atoms with van der Waals surface area (Å²) in [6, 6.07) is 22.5. The molecule has 0 radical (unpaired) electrons. The molecular formula is C39H44N7O8P. The number of rotatable bonds is 13. The Morgan fingerprint density at radius 2 is 1.78 bits per heavy atom. The minimum absolute atomic E-state index is 0.0675. The van der Waals surface area contributed by atoms with Crippen molar-refractivity contribution >= 4 is 48.0 Å². The van der Waals surface area contributed by atoms with Crippen molar-refractivity contribution in [1.82, 2.24) is 30.7 Å². The fourth-order valence-electron chi connectivity index (χ4n) is 7.38. The first kappa shape index (κ1) is 39.2. The highest BCUT2D eigenvalue weighted by Gasteiger charge is 2.45. The minimum atomic E-state index is -4.30. The number of H-pyrrole nitrogens is 1. The normalized spacial score (nSPS) is 19.5. The zero-order chi connectivity index (χ0) is 39.3. The van der Waals surface area contributed by atoms with Crippen LogP contribution in [0.4, 0.5) is 0 Å². The van der Waals surface area contributed by atoms with Crippen LogP contribution in [-0.4, -0.2) is 98.4 Å². The highest BCUT2D eigenvalue weighted by molar-refractivity contribution is 7.50. The minimum Gasteiger partial charge on any atom is -0.370 e. The molecule has 5 atom stereocenters. The number of amides is 5. The van der Waals surface area contributed by atoms with E-state index in [1.165, 1.54) is 4.90 Å². The summed E-state index contributed by atoms with van der Waals surface area (Å²) in [4.78, 5) is 93.0. The van der Waals surface area contributed by atoms with Crippen LogP contribution in [-0.2, 0) is 29.9 Å². The molecule has 6 rings (SSSR count). The Bertz CT molecular complexity index is 2050. The fraction of sp³-hybridized carbons (Fsp3) is 0.359. The molecule has 288 valence electrons. The summed E-state index contributed by atoms with van der Waals surface area (Å²) in [6.07, 6.45) is 0.785. The number of fused-ring (bicyclic) bond motifs is 2. The number of aromatic amines is 1. The second kappa shape index (κ2) is 16.9. The van der Waals surface area contributed by atoms with Crippen LogP contribution in [0.25, 0.3) is 10.9 Å². The smallest absolute Gasteiger partial charge is 0.329 e. The van der Waals surface area contributed by atoms with E-state index in [1.54, 1.807) is 42.5 Å². The summed E-state index contributed by atoms with van der Waals surface area (Å²) in [7, 11) is -2.45. The molecule has 4 aromatic rings. The molecular weight excluding hydrogens is 725 g/mol. The van der Waals surface area contributed by atoms with Gasteiger partial charge in [-0.05, 0) is 92.4 Å². The SMILES string of the molecule is CN1CC[C@H]2CC[C@@H](C(=O)N[C@@H](CCC(N)=O)C(=O)NC(c3cc#ccc3)c3ccccc3)N2C(=O)[C@@H](NC(=O)c2cc3cc(CP(=O)(O)O)ccc3[nH]2)C1. The van der Waals surface area contributed by atoms with Gasteiger partial charge in [0.05, 0.1) is 12.2 Å². The maximum atomic E-state index is 14.3. The van der Waals surface area contributed by atoms with Gasteiger partial charge in [-0.1, -0.05) is 48.5 Å². The Kier molecular flexibility index (Phi) is 12.0. The lowest BCUT2D eigenvalue weighted by molar-refractivity contribution is -0.144. The van der Waals surface area contributed by atoms with Crippen molar-refractivity contribution in [3.05, 3.63) is 107 Å². The molecule has 2 aliphatic heterocycles. The van der Waals surface area contributed by atoms with Gasteiger partial charge >= 0.3 is 7.60 Å².